The summed E-state index contributed by atoms with van der Waals surface area (Å²) >= 11 is 0. The van der Waals surface area contributed by atoms with Crippen molar-refractivity contribution in [2.75, 3.05) is 0 Å². The summed E-state index contributed by atoms with van der Waals surface area (Å²) in [6, 6.07) is 0. The number of rotatable bonds is 7. The molecule has 4 saturated carbocycles. The summed E-state index contributed by atoms with van der Waals surface area (Å²) in [4.78, 5) is 51.0. The van der Waals surface area contributed by atoms with Crippen molar-refractivity contribution in [1.29, 1.82) is 0 Å². The Morgan fingerprint density at radius 2 is 1.33 bits per heavy atom. The van der Waals surface area contributed by atoms with Gasteiger partial charge in [0.25, 0.3) is 0 Å². The average molecular weight is 899 g/mol. The van der Waals surface area contributed by atoms with Crippen molar-refractivity contribution < 1.29 is 182 Å². The third-order valence-electron chi connectivity index (χ3n) is 17.2. The molecule has 6 fully saturated rings. The number of hydrogen-bond acceptors (Lipinski definition) is 15. The third kappa shape index (κ3) is 7.97. The standard InChI is InChI=1S/C42H62O16.2K/c1-37(2)21-8-11-42(7)31(20(43)16-18-19-17-39(4,36(53)54)13-12-38(19,3)14-15-41(18,42)6)40(21,5)10-9-22(37)55-35-30(26(47)25(46)29(57-35)33(51)52)58-34-27(48)23(44)24(45)28(56-34)32(49)50;;/h16,19,21-31,34-35,44-48H,8-15,17H2,1-7H3,(H,49,50)(H,51,52)(H,53,54);;/q;2*+1/p-2/t19-,21-,22-,23?,24?,25?,26?,27?,28?,29?,30?,31+,34?,35?,38+,39-,40-,41+,42+;;/m0../s1. The summed E-state index contributed by atoms with van der Waals surface area (Å²) in [7, 11) is 0. The maximum atomic E-state index is 14.8. The second-order valence-electron chi connectivity index (χ2n) is 20.6. The molecule has 16 nitrogen and oxygen atoms in total. The number of ketones is 1. The molecule has 0 radical (unpaired) electrons. The van der Waals surface area contributed by atoms with Crippen LogP contribution in [0.2, 0.25) is 0 Å². The van der Waals surface area contributed by atoms with Gasteiger partial charge in [0.1, 0.15) is 42.7 Å². The van der Waals surface area contributed by atoms with Crippen LogP contribution >= 0.6 is 0 Å². The van der Waals surface area contributed by atoms with E-state index < -0.39 is 107 Å². The molecule has 2 heterocycles. The SMILES string of the molecule is CC1(C)[C@@H](OC2OC(C(=O)[O-])C(O)C(O)C2OC2OC(C(=O)O)C(O)C(O)C2O)CC[C@]2(C)[C@H]3C(=O)C=C4[C@@H]5C[C@@](C)(C(=O)[O-])CC[C@]5(C)CC[C@@]4(C)[C@]3(C)CC[C@@H]12.[K+].[K+]. The minimum Gasteiger partial charge on any atom is -0.550 e. The molecule has 0 aromatic heterocycles. The Hall–Kier alpha value is 0.733. The quantitative estimate of drug-likeness (QED) is 0.102. The summed E-state index contributed by atoms with van der Waals surface area (Å²) in [5.74, 6) is -5.09. The first-order chi connectivity index (χ1) is 26.8. The number of aliphatic hydroxyl groups is 5. The number of hydrogen-bond donors (Lipinski definition) is 6. The van der Waals surface area contributed by atoms with E-state index in [-0.39, 0.29) is 137 Å². The van der Waals surface area contributed by atoms with Gasteiger partial charge in [-0.2, -0.15) is 0 Å². The van der Waals surface area contributed by atoms with Gasteiger partial charge in [-0.15, -0.1) is 0 Å². The Morgan fingerprint density at radius 1 is 0.733 bits per heavy atom. The van der Waals surface area contributed by atoms with Crippen LogP contribution in [-0.4, -0.2) is 122 Å². The van der Waals surface area contributed by atoms with E-state index in [2.05, 4.69) is 27.7 Å². The van der Waals surface area contributed by atoms with E-state index in [1.807, 2.05) is 19.9 Å². The molecule has 5 aliphatic carbocycles. The van der Waals surface area contributed by atoms with E-state index in [4.69, 9.17) is 18.9 Å². The van der Waals surface area contributed by atoms with Crippen LogP contribution in [-0.2, 0) is 38.1 Å². The van der Waals surface area contributed by atoms with E-state index in [0.29, 0.717) is 38.5 Å². The second-order valence-corrected chi connectivity index (χ2v) is 20.6. The van der Waals surface area contributed by atoms with Crippen LogP contribution < -0.4 is 113 Å². The molecule has 0 spiro atoms. The molecule has 0 aromatic carbocycles. The van der Waals surface area contributed by atoms with E-state index in [1.54, 1.807) is 6.92 Å². The predicted octanol–water partition coefficient (Wildman–Crippen LogP) is -6.42. The van der Waals surface area contributed by atoms with Crippen LogP contribution in [0, 0.1) is 50.2 Å². The first-order valence-corrected chi connectivity index (χ1v) is 20.7. The molecule has 0 bridgehead atoms. The maximum Gasteiger partial charge on any atom is 1.00 e. The van der Waals surface area contributed by atoms with Gasteiger partial charge in [0, 0.05) is 17.3 Å². The third-order valence-corrected chi connectivity index (χ3v) is 17.2. The Balaban J connectivity index is 0.00000341. The zero-order chi connectivity index (χ0) is 42.9. The Bertz CT molecular complexity index is 1740. The molecule has 7 aliphatic rings. The van der Waals surface area contributed by atoms with Gasteiger partial charge >= 0.3 is 109 Å². The molecule has 0 aromatic rings. The molecule has 0 amide bonds. The molecule has 326 valence electrons. The number of fused-ring (bicyclic) bond motifs is 7. The van der Waals surface area contributed by atoms with Gasteiger partial charge in [0.2, 0.25) is 0 Å². The van der Waals surface area contributed by atoms with E-state index >= 15 is 0 Å². The Morgan fingerprint density at radius 3 is 1.93 bits per heavy atom. The number of carbonyl (C=O) groups excluding carboxylic acids is 3. The predicted molar refractivity (Wildman–Crippen MR) is 194 cm³/mol. The Kier molecular flexibility index (Phi) is 15.3. The first kappa shape index (κ1) is 51.7. The van der Waals surface area contributed by atoms with E-state index in [0.717, 1.165) is 24.8 Å². The van der Waals surface area contributed by atoms with Crippen molar-refractivity contribution in [2.24, 2.45) is 50.2 Å². The first-order valence-electron chi connectivity index (χ1n) is 20.7. The van der Waals surface area contributed by atoms with Crippen molar-refractivity contribution in [3.63, 3.8) is 0 Å². The fourth-order valence-corrected chi connectivity index (χ4v) is 13.4. The van der Waals surface area contributed by atoms with Gasteiger partial charge in [-0.25, -0.2) is 4.79 Å². The van der Waals surface area contributed by atoms with Crippen molar-refractivity contribution in [3.05, 3.63) is 11.6 Å². The van der Waals surface area contributed by atoms with Crippen molar-refractivity contribution in [1.82, 2.24) is 0 Å². The van der Waals surface area contributed by atoms with Gasteiger partial charge in [-0.1, -0.05) is 54.0 Å². The number of carbonyl (C=O) groups is 4. The fraction of sp³-hybridized carbons (Fsp3) is 0.857. The molecule has 7 rings (SSSR count). The van der Waals surface area contributed by atoms with Crippen LogP contribution in [0.5, 0.6) is 0 Å². The molecule has 18 heteroatoms. The van der Waals surface area contributed by atoms with Gasteiger partial charge in [-0.05, 0) is 103 Å². The number of allylic oxidation sites excluding steroid dienone is 2. The maximum absolute atomic E-state index is 14.8. The van der Waals surface area contributed by atoms with E-state index in [1.165, 1.54) is 0 Å². The Labute approximate surface area is 435 Å². The summed E-state index contributed by atoms with van der Waals surface area (Å²) in [5.41, 5.74) is -2.08. The molecule has 6 N–H and O–H groups in total. The molecule has 2 saturated heterocycles. The number of carboxylic acid groups (broad SMARTS) is 3. The minimum absolute atomic E-state index is 0. The molecule has 60 heavy (non-hydrogen) atoms. The van der Waals surface area contributed by atoms with Crippen molar-refractivity contribution in [2.45, 2.75) is 174 Å². The monoisotopic (exact) mass is 898 g/mol. The van der Waals surface area contributed by atoms with Crippen LogP contribution in [0.15, 0.2) is 11.6 Å². The van der Waals surface area contributed by atoms with Gasteiger partial charge in [0.05, 0.1) is 12.1 Å². The summed E-state index contributed by atoms with van der Waals surface area (Å²) < 4.78 is 23.2. The number of aliphatic hydroxyl groups excluding tert-OH is 5. The molecule has 10 unspecified atom stereocenters. The second kappa shape index (κ2) is 17.8. The average Bonchev–Trinajstić information content (AvgIpc) is 3.13. The summed E-state index contributed by atoms with van der Waals surface area (Å²) in [6.45, 7) is 14.7. The van der Waals surface area contributed by atoms with Crippen LogP contribution in [0.3, 0.4) is 0 Å². The van der Waals surface area contributed by atoms with Crippen molar-refractivity contribution >= 4 is 23.7 Å². The molecule has 19 atom stereocenters. The fourth-order valence-electron chi connectivity index (χ4n) is 13.4. The zero-order valence-corrected chi connectivity index (χ0v) is 42.5. The van der Waals surface area contributed by atoms with Crippen LogP contribution in [0.4, 0.5) is 0 Å². The topological polar surface area (TPSA) is 273 Å². The number of ether oxygens (including phenoxy) is 4. The van der Waals surface area contributed by atoms with Gasteiger partial charge in [0.15, 0.2) is 24.5 Å². The molecule has 2 aliphatic heterocycles. The van der Waals surface area contributed by atoms with Crippen molar-refractivity contribution in [3.8, 4) is 0 Å². The number of aliphatic carboxylic acids is 3. The van der Waals surface area contributed by atoms with E-state index in [9.17, 15) is 60.0 Å². The summed E-state index contributed by atoms with van der Waals surface area (Å²) in [6.07, 6.45) is -13.0. The molecular weight excluding hydrogens is 839 g/mol. The van der Waals surface area contributed by atoms with Gasteiger partial charge in [-0.3, -0.25) is 4.79 Å². The minimum atomic E-state index is -2.11. The molecular formula is C42H60K2O16. The largest absolute Gasteiger partial charge is 1.00 e. The summed E-state index contributed by atoms with van der Waals surface area (Å²) in [5, 5.41) is 87.2. The zero-order valence-electron chi connectivity index (χ0n) is 36.3. The van der Waals surface area contributed by atoms with Crippen LogP contribution in [0.25, 0.3) is 0 Å². The van der Waals surface area contributed by atoms with Gasteiger partial charge < -0.3 is 69.4 Å². The normalized spacial score (nSPS) is 50.8. The number of carboxylic acids is 3. The van der Waals surface area contributed by atoms with Crippen LogP contribution in [0.1, 0.15) is 106 Å². The smallest absolute Gasteiger partial charge is 0.550 e.